The molecule has 0 amide bonds. The predicted molar refractivity (Wildman–Crippen MR) is 73.6 cm³/mol. The summed E-state index contributed by atoms with van der Waals surface area (Å²) in [6.07, 6.45) is 0.991. The monoisotopic (exact) mass is 272 g/mol. The molecule has 0 unspecified atom stereocenters. The summed E-state index contributed by atoms with van der Waals surface area (Å²) in [7, 11) is 0. The number of nitrogens with zero attached hydrogens (tertiary/aromatic N) is 2. The lowest BCUT2D eigenvalue weighted by Crippen LogP contribution is -1.99. The smallest absolute Gasteiger partial charge is 0.258 e. The number of rotatable bonds is 5. The van der Waals surface area contributed by atoms with Crippen LogP contribution in [0, 0.1) is 20.2 Å². The third-order valence-corrected chi connectivity index (χ3v) is 3.00. The van der Waals surface area contributed by atoms with Crippen molar-refractivity contribution in [2.45, 2.75) is 12.8 Å². The van der Waals surface area contributed by atoms with Crippen molar-refractivity contribution in [2.24, 2.45) is 0 Å². The molecule has 0 saturated heterocycles. The Balaban J connectivity index is 2.26. The Kier molecular flexibility index (Phi) is 4.05. The Labute approximate surface area is 115 Å². The normalized spacial score (nSPS) is 10.2. The first-order chi connectivity index (χ1) is 9.58. The molecule has 2 rings (SSSR count). The van der Waals surface area contributed by atoms with Crippen LogP contribution in [0.4, 0.5) is 11.4 Å². The maximum absolute atomic E-state index is 10.9. The summed E-state index contributed by atoms with van der Waals surface area (Å²) in [6, 6.07) is 13.1. The second-order valence-corrected chi connectivity index (χ2v) is 4.31. The molecule has 0 spiro atoms. The third-order valence-electron chi connectivity index (χ3n) is 3.00. The lowest BCUT2D eigenvalue weighted by molar-refractivity contribution is -0.389. The van der Waals surface area contributed by atoms with Gasteiger partial charge in [-0.15, -0.1) is 0 Å². The molecule has 0 aliphatic carbocycles. The standard InChI is InChI=1S/C14H12N2O4/c17-15(18)13-8-9-14(16(19)20)12(10-13)7-6-11-4-2-1-3-5-11/h1-5,8-10H,6-7H2. The van der Waals surface area contributed by atoms with E-state index >= 15 is 0 Å². The molecule has 0 radical (unpaired) electrons. The second-order valence-electron chi connectivity index (χ2n) is 4.31. The predicted octanol–water partition coefficient (Wildman–Crippen LogP) is 3.29. The van der Waals surface area contributed by atoms with Crippen molar-refractivity contribution in [1.29, 1.82) is 0 Å². The van der Waals surface area contributed by atoms with Crippen LogP contribution in [-0.2, 0) is 12.8 Å². The largest absolute Gasteiger partial charge is 0.273 e. The molecule has 0 aliphatic heterocycles. The molecule has 0 heterocycles. The van der Waals surface area contributed by atoms with Crippen molar-refractivity contribution in [1.82, 2.24) is 0 Å². The molecule has 0 aromatic heterocycles. The Morgan fingerprint density at radius 1 is 0.850 bits per heavy atom. The quantitative estimate of drug-likeness (QED) is 0.617. The van der Waals surface area contributed by atoms with Gasteiger partial charge in [-0.1, -0.05) is 30.3 Å². The summed E-state index contributed by atoms with van der Waals surface area (Å²) in [5.74, 6) is 0. The van der Waals surface area contributed by atoms with E-state index in [1.165, 1.54) is 12.1 Å². The summed E-state index contributed by atoms with van der Waals surface area (Å²) >= 11 is 0. The zero-order valence-corrected chi connectivity index (χ0v) is 10.6. The summed E-state index contributed by atoms with van der Waals surface area (Å²) in [5, 5.41) is 21.7. The average Bonchev–Trinajstić information content (AvgIpc) is 2.45. The maximum atomic E-state index is 10.9. The van der Waals surface area contributed by atoms with Crippen molar-refractivity contribution in [3.05, 3.63) is 79.9 Å². The lowest BCUT2D eigenvalue weighted by atomic mass is 10.0. The fraction of sp³-hybridized carbons (Fsp3) is 0.143. The first kappa shape index (κ1) is 13.7. The second kappa shape index (κ2) is 5.92. The van der Waals surface area contributed by atoms with Crippen LogP contribution in [0.2, 0.25) is 0 Å². The van der Waals surface area contributed by atoms with E-state index in [1.54, 1.807) is 0 Å². The lowest BCUT2D eigenvalue weighted by Gasteiger charge is -2.03. The van der Waals surface area contributed by atoms with Gasteiger partial charge in [-0.25, -0.2) is 0 Å². The van der Waals surface area contributed by atoms with E-state index in [2.05, 4.69) is 0 Å². The molecule has 0 fully saturated rings. The van der Waals surface area contributed by atoms with Gasteiger partial charge in [0.15, 0.2) is 0 Å². The van der Waals surface area contributed by atoms with Crippen molar-refractivity contribution in [3.8, 4) is 0 Å². The molecule has 0 atom stereocenters. The van der Waals surface area contributed by atoms with Crippen molar-refractivity contribution in [3.63, 3.8) is 0 Å². The van der Waals surface area contributed by atoms with Crippen LogP contribution in [0.15, 0.2) is 48.5 Å². The van der Waals surface area contributed by atoms with E-state index < -0.39 is 9.85 Å². The van der Waals surface area contributed by atoms with E-state index in [1.807, 2.05) is 30.3 Å². The zero-order valence-electron chi connectivity index (χ0n) is 10.6. The highest BCUT2D eigenvalue weighted by Gasteiger charge is 2.17. The number of aryl methyl sites for hydroxylation is 2. The van der Waals surface area contributed by atoms with Crippen LogP contribution in [0.25, 0.3) is 0 Å². The van der Waals surface area contributed by atoms with Crippen molar-refractivity contribution in [2.75, 3.05) is 0 Å². The van der Waals surface area contributed by atoms with E-state index in [0.29, 0.717) is 18.4 Å². The van der Waals surface area contributed by atoms with Crippen LogP contribution >= 0.6 is 0 Å². The molecule has 20 heavy (non-hydrogen) atoms. The molecule has 0 aliphatic rings. The van der Waals surface area contributed by atoms with Gasteiger partial charge in [-0.3, -0.25) is 20.2 Å². The van der Waals surface area contributed by atoms with Gasteiger partial charge in [0.1, 0.15) is 0 Å². The Morgan fingerprint density at radius 3 is 2.15 bits per heavy atom. The Hall–Kier alpha value is -2.76. The highest BCUT2D eigenvalue weighted by Crippen LogP contribution is 2.25. The van der Waals surface area contributed by atoms with Gasteiger partial charge in [-0.2, -0.15) is 0 Å². The molecule has 0 saturated carbocycles. The van der Waals surface area contributed by atoms with Crippen LogP contribution in [0.5, 0.6) is 0 Å². The Morgan fingerprint density at radius 2 is 1.55 bits per heavy atom. The fourth-order valence-corrected chi connectivity index (χ4v) is 1.99. The third kappa shape index (κ3) is 3.17. The highest BCUT2D eigenvalue weighted by molar-refractivity contribution is 5.48. The number of nitro benzene ring substituents is 2. The van der Waals surface area contributed by atoms with Gasteiger partial charge in [0.05, 0.1) is 9.85 Å². The summed E-state index contributed by atoms with van der Waals surface area (Å²) < 4.78 is 0. The zero-order chi connectivity index (χ0) is 14.5. The van der Waals surface area contributed by atoms with E-state index in [0.717, 1.165) is 11.6 Å². The minimum absolute atomic E-state index is 0.0773. The SMILES string of the molecule is O=[N+]([O-])c1ccc([N+](=O)[O-])c(CCc2ccccc2)c1. The summed E-state index contributed by atoms with van der Waals surface area (Å²) in [4.78, 5) is 20.6. The summed E-state index contributed by atoms with van der Waals surface area (Å²) in [5.41, 5.74) is 1.21. The summed E-state index contributed by atoms with van der Waals surface area (Å²) in [6.45, 7) is 0. The Bertz CT molecular complexity index is 641. The first-order valence-corrected chi connectivity index (χ1v) is 6.03. The minimum Gasteiger partial charge on any atom is -0.258 e. The molecule has 2 aromatic carbocycles. The van der Waals surface area contributed by atoms with E-state index in [4.69, 9.17) is 0 Å². The van der Waals surface area contributed by atoms with Crippen LogP contribution in [-0.4, -0.2) is 9.85 Å². The number of non-ortho nitro benzene ring substituents is 1. The van der Waals surface area contributed by atoms with Gasteiger partial charge >= 0.3 is 0 Å². The van der Waals surface area contributed by atoms with E-state index in [9.17, 15) is 20.2 Å². The molecule has 0 N–H and O–H groups in total. The number of hydrogen-bond acceptors (Lipinski definition) is 4. The fourth-order valence-electron chi connectivity index (χ4n) is 1.99. The molecular weight excluding hydrogens is 260 g/mol. The van der Waals surface area contributed by atoms with Crippen molar-refractivity contribution >= 4 is 11.4 Å². The van der Waals surface area contributed by atoms with Gasteiger partial charge < -0.3 is 0 Å². The van der Waals surface area contributed by atoms with Crippen LogP contribution in [0.1, 0.15) is 11.1 Å². The average molecular weight is 272 g/mol. The molecule has 102 valence electrons. The van der Waals surface area contributed by atoms with Crippen LogP contribution < -0.4 is 0 Å². The molecule has 0 bridgehead atoms. The van der Waals surface area contributed by atoms with E-state index in [-0.39, 0.29) is 11.4 Å². The van der Waals surface area contributed by atoms with Gasteiger partial charge in [0, 0.05) is 23.8 Å². The molecule has 6 nitrogen and oxygen atoms in total. The molecule has 6 heteroatoms. The highest BCUT2D eigenvalue weighted by atomic mass is 16.6. The first-order valence-electron chi connectivity index (χ1n) is 6.03. The molecular formula is C14H12N2O4. The maximum Gasteiger partial charge on any atom is 0.273 e. The number of benzene rings is 2. The number of hydrogen-bond donors (Lipinski definition) is 0. The van der Waals surface area contributed by atoms with Gasteiger partial charge in [-0.05, 0) is 18.4 Å². The van der Waals surface area contributed by atoms with Gasteiger partial charge in [0.25, 0.3) is 11.4 Å². The minimum atomic E-state index is -0.546. The molecule has 2 aromatic rings. The van der Waals surface area contributed by atoms with Crippen molar-refractivity contribution < 1.29 is 9.85 Å². The topological polar surface area (TPSA) is 86.3 Å². The number of nitro groups is 2. The van der Waals surface area contributed by atoms with Crippen LogP contribution in [0.3, 0.4) is 0 Å². The van der Waals surface area contributed by atoms with Gasteiger partial charge in [0.2, 0.25) is 0 Å².